The lowest BCUT2D eigenvalue weighted by Crippen LogP contribution is -2.21. The zero-order chi connectivity index (χ0) is 13.0. The molecule has 1 amide bonds. The molecule has 18 heavy (non-hydrogen) atoms. The largest absolute Gasteiger partial charge is 0.497 e. The number of hydrogen-bond donors (Lipinski definition) is 1. The number of methoxy groups -OCH3 is 1. The third-order valence-corrected chi connectivity index (χ3v) is 2.43. The van der Waals surface area contributed by atoms with Gasteiger partial charge in [-0.05, 0) is 12.1 Å². The highest BCUT2D eigenvalue weighted by molar-refractivity contribution is 5.69. The zero-order valence-corrected chi connectivity index (χ0v) is 9.80. The number of cyclic esters (lactones) is 1. The lowest BCUT2D eigenvalue weighted by Gasteiger charge is -2.11. The summed E-state index contributed by atoms with van der Waals surface area (Å²) in [5.41, 5.74) is 0.450. The topological polar surface area (TPSA) is 80.6 Å². The van der Waals surface area contributed by atoms with Gasteiger partial charge < -0.3 is 19.5 Å². The van der Waals surface area contributed by atoms with Gasteiger partial charge in [-0.3, -0.25) is 0 Å². The van der Waals surface area contributed by atoms with Crippen molar-refractivity contribution < 1.29 is 19.0 Å². The van der Waals surface area contributed by atoms with Crippen LogP contribution in [0, 0.1) is 11.3 Å². The predicted octanol–water partition coefficient (Wildman–Crippen LogP) is 1.05. The molecule has 1 N–H and O–H groups in total. The van der Waals surface area contributed by atoms with Crippen LogP contribution in [0.5, 0.6) is 11.5 Å². The molecule has 1 unspecified atom stereocenters. The van der Waals surface area contributed by atoms with Gasteiger partial charge in [-0.15, -0.1) is 0 Å². The highest BCUT2D eigenvalue weighted by atomic mass is 16.6. The van der Waals surface area contributed by atoms with E-state index in [0.717, 1.165) is 0 Å². The molecule has 0 spiro atoms. The Morgan fingerprint density at radius 2 is 2.28 bits per heavy atom. The number of nitrogens with zero attached hydrogens (tertiary/aromatic N) is 1. The van der Waals surface area contributed by atoms with Gasteiger partial charge >= 0.3 is 6.09 Å². The molecule has 1 atom stereocenters. The summed E-state index contributed by atoms with van der Waals surface area (Å²) < 4.78 is 15.5. The molecule has 6 heteroatoms. The Morgan fingerprint density at radius 3 is 2.89 bits per heavy atom. The number of benzene rings is 1. The van der Waals surface area contributed by atoms with E-state index in [1.165, 1.54) is 7.11 Å². The molecule has 94 valence electrons. The van der Waals surface area contributed by atoms with E-state index in [1.54, 1.807) is 18.2 Å². The fraction of sp³-hybridized carbons (Fsp3) is 0.333. The van der Waals surface area contributed by atoms with Gasteiger partial charge in [0.15, 0.2) is 6.10 Å². The number of ether oxygens (including phenoxy) is 3. The van der Waals surface area contributed by atoms with Crippen LogP contribution in [0.25, 0.3) is 0 Å². The molecule has 0 aliphatic carbocycles. The van der Waals surface area contributed by atoms with Crippen molar-refractivity contribution in [2.45, 2.75) is 6.10 Å². The fourth-order valence-electron chi connectivity index (χ4n) is 1.55. The summed E-state index contributed by atoms with van der Waals surface area (Å²) in [6, 6.07) is 6.91. The van der Waals surface area contributed by atoms with Gasteiger partial charge in [0.05, 0.1) is 25.3 Å². The third-order valence-electron chi connectivity index (χ3n) is 2.43. The molecule has 1 fully saturated rings. The lowest BCUT2D eigenvalue weighted by atomic mass is 10.2. The number of hydrogen-bond acceptors (Lipinski definition) is 5. The summed E-state index contributed by atoms with van der Waals surface area (Å²) >= 11 is 0. The molecule has 0 radical (unpaired) electrons. The van der Waals surface area contributed by atoms with Gasteiger partial charge in [0.1, 0.15) is 18.1 Å². The molecule has 0 aromatic heterocycles. The Hall–Kier alpha value is -2.42. The summed E-state index contributed by atoms with van der Waals surface area (Å²) in [7, 11) is 1.52. The van der Waals surface area contributed by atoms with Crippen LogP contribution < -0.4 is 14.8 Å². The number of nitrogens with one attached hydrogen (secondary N) is 1. The summed E-state index contributed by atoms with van der Waals surface area (Å²) in [6.07, 6.45) is -0.749. The summed E-state index contributed by atoms with van der Waals surface area (Å²) in [4.78, 5) is 10.8. The SMILES string of the molecule is COc1cc(C#N)cc(OCC2CNC(=O)O2)c1. The Kier molecular flexibility index (Phi) is 3.53. The van der Waals surface area contributed by atoms with Crippen LogP contribution in [0.1, 0.15) is 5.56 Å². The van der Waals surface area contributed by atoms with E-state index in [2.05, 4.69) is 5.32 Å². The molecule has 1 saturated heterocycles. The van der Waals surface area contributed by atoms with Crippen molar-refractivity contribution in [2.75, 3.05) is 20.3 Å². The fourth-order valence-corrected chi connectivity index (χ4v) is 1.55. The molecule has 1 aliphatic heterocycles. The number of alkyl carbamates (subject to hydrolysis) is 1. The van der Waals surface area contributed by atoms with Crippen molar-refractivity contribution in [3.63, 3.8) is 0 Å². The van der Waals surface area contributed by atoms with Gasteiger partial charge in [0.2, 0.25) is 0 Å². The minimum atomic E-state index is -0.438. The van der Waals surface area contributed by atoms with E-state index >= 15 is 0 Å². The normalized spacial score (nSPS) is 17.6. The molecule has 0 saturated carbocycles. The molecule has 1 aromatic carbocycles. The third kappa shape index (κ3) is 2.83. The van der Waals surface area contributed by atoms with Crippen molar-refractivity contribution in [3.8, 4) is 17.6 Å². The minimum Gasteiger partial charge on any atom is -0.497 e. The first-order valence-electron chi connectivity index (χ1n) is 5.37. The molecule has 2 rings (SSSR count). The Bertz CT molecular complexity index is 495. The lowest BCUT2D eigenvalue weighted by molar-refractivity contribution is 0.104. The van der Waals surface area contributed by atoms with E-state index < -0.39 is 6.09 Å². The van der Waals surface area contributed by atoms with E-state index in [4.69, 9.17) is 19.5 Å². The van der Waals surface area contributed by atoms with Crippen LogP contribution in [0.15, 0.2) is 18.2 Å². The first-order chi connectivity index (χ1) is 8.71. The number of carbonyl (C=O) groups is 1. The molecular weight excluding hydrogens is 236 g/mol. The second kappa shape index (κ2) is 5.27. The Morgan fingerprint density at radius 1 is 1.50 bits per heavy atom. The standard InChI is InChI=1S/C12H12N2O4/c1-16-9-2-8(5-13)3-10(4-9)17-7-11-6-14-12(15)18-11/h2-4,11H,6-7H2,1H3,(H,14,15). The van der Waals surface area contributed by atoms with Gasteiger partial charge in [-0.25, -0.2) is 4.79 Å². The smallest absolute Gasteiger partial charge is 0.407 e. The Balaban J connectivity index is 2.00. The average molecular weight is 248 g/mol. The highest BCUT2D eigenvalue weighted by Crippen LogP contribution is 2.22. The molecule has 6 nitrogen and oxygen atoms in total. The first-order valence-corrected chi connectivity index (χ1v) is 5.37. The van der Waals surface area contributed by atoms with E-state index in [9.17, 15) is 4.79 Å². The van der Waals surface area contributed by atoms with E-state index in [-0.39, 0.29) is 12.7 Å². The quantitative estimate of drug-likeness (QED) is 0.861. The van der Waals surface area contributed by atoms with Crippen molar-refractivity contribution in [3.05, 3.63) is 23.8 Å². The van der Waals surface area contributed by atoms with Gasteiger partial charge in [-0.1, -0.05) is 0 Å². The number of rotatable bonds is 4. The van der Waals surface area contributed by atoms with Gasteiger partial charge in [-0.2, -0.15) is 5.26 Å². The van der Waals surface area contributed by atoms with Crippen LogP contribution in [0.2, 0.25) is 0 Å². The van der Waals surface area contributed by atoms with Crippen molar-refractivity contribution in [2.24, 2.45) is 0 Å². The summed E-state index contributed by atoms with van der Waals surface area (Å²) in [5.74, 6) is 1.06. The average Bonchev–Trinajstić information content (AvgIpc) is 2.81. The Labute approximate surface area is 104 Å². The molecule has 0 bridgehead atoms. The molecule has 1 heterocycles. The highest BCUT2D eigenvalue weighted by Gasteiger charge is 2.22. The minimum absolute atomic E-state index is 0.233. The van der Waals surface area contributed by atoms with Crippen LogP contribution in [-0.2, 0) is 4.74 Å². The predicted molar refractivity (Wildman–Crippen MR) is 61.5 cm³/mol. The summed E-state index contributed by atoms with van der Waals surface area (Å²) in [5, 5.41) is 11.4. The number of nitriles is 1. The van der Waals surface area contributed by atoms with Gasteiger partial charge in [0, 0.05) is 6.07 Å². The maximum absolute atomic E-state index is 10.8. The first kappa shape index (κ1) is 12.0. The van der Waals surface area contributed by atoms with E-state index in [1.807, 2.05) is 6.07 Å². The van der Waals surface area contributed by atoms with E-state index in [0.29, 0.717) is 23.6 Å². The second-order valence-electron chi connectivity index (χ2n) is 3.73. The van der Waals surface area contributed by atoms with Crippen molar-refractivity contribution in [1.82, 2.24) is 5.32 Å². The van der Waals surface area contributed by atoms with Crippen LogP contribution in [0.4, 0.5) is 4.79 Å². The van der Waals surface area contributed by atoms with Crippen molar-refractivity contribution >= 4 is 6.09 Å². The van der Waals surface area contributed by atoms with Crippen LogP contribution in [-0.4, -0.2) is 32.5 Å². The van der Waals surface area contributed by atoms with Crippen molar-refractivity contribution in [1.29, 1.82) is 5.26 Å². The maximum atomic E-state index is 10.8. The molecular formula is C12H12N2O4. The monoisotopic (exact) mass is 248 g/mol. The van der Waals surface area contributed by atoms with Crippen LogP contribution >= 0.6 is 0 Å². The zero-order valence-electron chi connectivity index (χ0n) is 9.80. The van der Waals surface area contributed by atoms with Crippen LogP contribution in [0.3, 0.4) is 0 Å². The maximum Gasteiger partial charge on any atom is 0.407 e. The molecule has 1 aromatic rings. The molecule has 1 aliphatic rings. The van der Waals surface area contributed by atoms with Gasteiger partial charge in [0.25, 0.3) is 0 Å². The number of amides is 1. The summed E-state index contributed by atoms with van der Waals surface area (Å²) in [6.45, 7) is 0.657. The number of carbonyl (C=O) groups excluding carboxylic acids is 1. The second-order valence-corrected chi connectivity index (χ2v) is 3.73.